The van der Waals surface area contributed by atoms with E-state index in [4.69, 9.17) is 0 Å². The van der Waals surface area contributed by atoms with E-state index in [9.17, 15) is 19.7 Å². The fraction of sp³-hybridized carbons (Fsp3) is 0.111. The first-order valence-electron chi connectivity index (χ1n) is 7.77. The van der Waals surface area contributed by atoms with Gasteiger partial charge in [0.05, 0.1) is 10.7 Å². The molecule has 0 spiro atoms. The van der Waals surface area contributed by atoms with E-state index in [0.717, 1.165) is 5.56 Å². The largest absolute Gasteiger partial charge is 0.272 e. The van der Waals surface area contributed by atoms with Gasteiger partial charge in [0, 0.05) is 17.7 Å². The van der Waals surface area contributed by atoms with Gasteiger partial charge in [0.25, 0.3) is 17.5 Å². The second-order valence-electron chi connectivity index (χ2n) is 5.48. The van der Waals surface area contributed by atoms with Crippen LogP contribution in [0.2, 0.25) is 0 Å². The molecular formula is C18H15N3O4S. The quantitative estimate of drug-likeness (QED) is 0.646. The van der Waals surface area contributed by atoms with Gasteiger partial charge in [-0.05, 0) is 23.8 Å². The number of nitro benzene ring substituents is 1. The van der Waals surface area contributed by atoms with Crippen LogP contribution in [0, 0.1) is 10.1 Å². The summed E-state index contributed by atoms with van der Waals surface area (Å²) in [5, 5.41) is 11.6. The fourth-order valence-corrected chi connectivity index (χ4v) is 3.34. The van der Waals surface area contributed by atoms with Gasteiger partial charge in [0.2, 0.25) is 0 Å². The average molecular weight is 369 g/mol. The van der Waals surface area contributed by atoms with Gasteiger partial charge >= 0.3 is 0 Å². The molecule has 1 N–H and O–H groups in total. The highest BCUT2D eigenvalue weighted by Crippen LogP contribution is 2.25. The predicted molar refractivity (Wildman–Crippen MR) is 99.1 cm³/mol. The lowest BCUT2D eigenvalue weighted by Gasteiger charge is -2.22. The Morgan fingerprint density at radius 2 is 1.88 bits per heavy atom. The molecular weight excluding hydrogens is 354 g/mol. The third-order valence-electron chi connectivity index (χ3n) is 3.72. The van der Waals surface area contributed by atoms with Crippen LogP contribution in [0.5, 0.6) is 0 Å². The van der Waals surface area contributed by atoms with Crippen molar-refractivity contribution in [2.45, 2.75) is 5.37 Å². The summed E-state index contributed by atoms with van der Waals surface area (Å²) in [6.07, 6.45) is 3.74. The molecule has 2 amide bonds. The number of nitrogens with zero attached hydrogens (tertiary/aromatic N) is 2. The molecule has 2 aromatic rings. The van der Waals surface area contributed by atoms with Crippen LogP contribution in [0.4, 0.5) is 5.69 Å². The molecule has 132 valence electrons. The molecule has 0 radical (unpaired) electrons. The average Bonchev–Trinajstić information content (AvgIpc) is 3.00. The molecule has 1 fully saturated rings. The number of carbonyl (C=O) groups excluding carboxylic acids is 2. The van der Waals surface area contributed by atoms with Gasteiger partial charge in [0.15, 0.2) is 0 Å². The molecule has 0 saturated carbocycles. The maximum Gasteiger partial charge on any atom is 0.269 e. The van der Waals surface area contributed by atoms with Crippen molar-refractivity contribution < 1.29 is 14.5 Å². The summed E-state index contributed by atoms with van der Waals surface area (Å²) in [5.74, 6) is -0.425. The predicted octanol–water partition coefficient (Wildman–Crippen LogP) is 2.85. The number of nitro groups is 1. The highest BCUT2D eigenvalue weighted by atomic mass is 32.2. The van der Waals surface area contributed by atoms with Crippen LogP contribution in [0.3, 0.4) is 0 Å². The van der Waals surface area contributed by atoms with Gasteiger partial charge in [-0.25, -0.2) is 5.01 Å². The second-order valence-corrected chi connectivity index (χ2v) is 6.59. The minimum atomic E-state index is -0.535. The van der Waals surface area contributed by atoms with Crippen molar-refractivity contribution in [1.82, 2.24) is 10.4 Å². The molecule has 1 aliphatic rings. The Morgan fingerprint density at radius 3 is 2.54 bits per heavy atom. The third kappa shape index (κ3) is 4.09. The summed E-state index contributed by atoms with van der Waals surface area (Å²) in [5.41, 5.74) is 3.72. The highest BCUT2D eigenvalue weighted by molar-refractivity contribution is 8.01. The minimum Gasteiger partial charge on any atom is -0.272 e. The summed E-state index contributed by atoms with van der Waals surface area (Å²) >= 11 is 1.41. The zero-order valence-corrected chi connectivity index (χ0v) is 14.4. The summed E-state index contributed by atoms with van der Waals surface area (Å²) in [6.45, 7) is 0. The molecule has 0 aliphatic carbocycles. The van der Waals surface area contributed by atoms with E-state index in [0.29, 0.717) is 0 Å². The lowest BCUT2D eigenvalue weighted by Crippen LogP contribution is -2.46. The van der Waals surface area contributed by atoms with Crippen LogP contribution in [-0.2, 0) is 4.79 Å². The number of amides is 2. The van der Waals surface area contributed by atoms with Crippen molar-refractivity contribution >= 4 is 35.3 Å². The van der Waals surface area contributed by atoms with E-state index in [1.165, 1.54) is 41.0 Å². The van der Waals surface area contributed by atoms with Crippen molar-refractivity contribution in [2.24, 2.45) is 0 Å². The van der Waals surface area contributed by atoms with E-state index in [1.54, 1.807) is 0 Å². The van der Waals surface area contributed by atoms with E-state index < -0.39 is 10.8 Å². The van der Waals surface area contributed by atoms with Crippen LogP contribution in [0.25, 0.3) is 6.08 Å². The van der Waals surface area contributed by atoms with Crippen LogP contribution in [0.15, 0.2) is 60.7 Å². The Hall–Kier alpha value is -3.13. The summed E-state index contributed by atoms with van der Waals surface area (Å²) in [6, 6.07) is 14.9. The standard InChI is InChI=1S/C18H15N3O4S/c22-16-12-26-17(11-6-13-4-2-1-3-5-13)20(16)19-18(23)14-7-9-15(10-8-14)21(24)25/h1-11,17H,12H2,(H,19,23)/b11-6+/t17-/m1/s1. The molecule has 1 heterocycles. The number of rotatable bonds is 5. The van der Waals surface area contributed by atoms with Crippen LogP contribution >= 0.6 is 11.8 Å². The van der Waals surface area contributed by atoms with Crippen LogP contribution in [-0.4, -0.2) is 32.9 Å². The van der Waals surface area contributed by atoms with E-state index in [-0.39, 0.29) is 28.3 Å². The van der Waals surface area contributed by atoms with Gasteiger partial charge in [-0.15, -0.1) is 11.8 Å². The molecule has 2 aromatic carbocycles. The van der Waals surface area contributed by atoms with Crippen molar-refractivity contribution in [1.29, 1.82) is 0 Å². The molecule has 26 heavy (non-hydrogen) atoms. The number of non-ortho nitro benzene ring substituents is 1. The van der Waals surface area contributed by atoms with Crippen LogP contribution < -0.4 is 5.43 Å². The highest BCUT2D eigenvalue weighted by Gasteiger charge is 2.31. The minimum absolute atomic E-state index is 0.0991. The van der Waals surface area contributed by atoms with Gasteiger partial charge in [-0.1, -0.05) is 36.4 Å². The fourth-order valence-electron chi connectivity index (χ4n) is 2.38. The summed E-state index contributed by atoms with van der Waals surface area (Å²) in [7, 11) is 0. The monoisotopic (exact) mass is 369 g/mol. The van der Waals surface area contributed by atoms with Crippen LogP contribution in [0.1, 0.15) is 15.9 Å². The maximum absolute atomic E-state index is 12.3. The van der Waals surface area contributed by atoms with Crippen molar-refractivity contribution in [3.05, 3.63) is 81.9 Å². The summed E-state index contributed by atoms with van der Waals surface area (Å²) in [4.78, 5) is 34.6. The first kappa shape index (κ1) is 17.7. The first-order chi connectivity index (χ1) is 12.5. The number of hydrogen-bond donors (Lipinski definition) is 1. The SMILES string of the molecule is O=C(NN1C(=O)CS[C@@H]1/C=C/c1ccccc1)c1ccc([N+](=O)[O-])cc1. The van der Waals surface area contributed by atoms with Gasteiger partial charge in [0.1, 0.15) is 5.37 Å². The number of hydrogen-bond acceptors (Lipinski definition) is 5. The Bertz CT molecular complexity index is 852. The van der Waals surface area contributed by atoms with Crippen molar-refractivity contribution in [3.8, 4) is 0 Å². The molecule has 1 atom stereocenters. The Labute approximate surface area is 153 Å². The maximum atomic E-state index is 12.3. The number of nitrogens with one attached hydrogen (secondary N) is 1. The van der Waals surface area contributed by atoms with Gasteiger partial charge < -0.3 is 0 Å². The number of hydrazine groups is 1. The normalized spacial score (nSPS) is 16.8. The van der Waals surface area contributed by atoms with Gasteiger partial charge in [-0.3, -0.25) is 25.1 Å². The molecule has 1 aliphatic heterocycles. The van der Waals surface area contributed by atoms with Crippen molar-refractivity contribution in [2.75, 3.05) is 5.75 Å². The number of thioether (sulfide) groups is 1. The molecule has 3 rings (SSSR count). The topological polar surface area (TPSA) is 92.6 Å². The molecule has 0 aromatic heterocycles. The number of benzene rings is 2. The zero-order valence-electron chi connectivity index (χ0n) is 13.6. The molecule has 8 heteroatoms. The molecule has 0 bridgehead atoms. The Balaban J connectivity index is 1.69. The lowest BCUT2D eigenvalue weighted by molar-refractivity contribution is -0.384. The third-order valence-corrected chi connectivity index (χ3v) is 4.84. The second kappa shape index (κ2) is 7.83. The zero-order chi connectivity index (χ0) is 18.5. The van der Waals surface area contributed by atoms with E-state index >= 15 is 0 Å². The van der Waals surface area contributed by atoms with E-state index in [1.807, 2.05) is 42.5 Å². The first-order valence-corrected chi connectivity index (χ1v) is 8.82. The number of carbonyl (C=O) groups is 2. The molecule has 7 nitrogen and oxygen atoms in total. The summed E-state index contributed by atoms with van der Waals surface area (Å²) < 4.78 is 0. The smallest absolute Gasteiger partial charge is 0.269 e. The molecule has 0 unspecified atom stereocenters. The Morgan fingerprint density at radius 1 is 1.19 bits per heavy atom. The van der Waals surface area contributed by atoms with Crippen molar-refractivity contribution in [3.63, 3.8) is 0 Å². The van der Waals surface area contributed by atoms with E-state index in [2.05, 4.69) is 5.43 Å². The Kier molecular flexibility index (Phi) is 5.33. The lowest BCUT2D eigenvalue weighted by atomic mass is 10.2. The molecule has 1 saturated heterocycles. The van der Waals surface area contributed by atoms with Gasteiger partial charge in [-0.2, -0.15) is 0 Å².